The molecule has 0 unspecified atom stereocenters. The van der Waals surface area contributed by atoms with Crippen molar-refractivity contribution in [3.63, 3.8) is 0 Å². The number of para-hydroxylation sites is 2. The third-order valence-corrected chi connectivity index (χ3v) is 9.49. The van der Waals surface area contributed by atoms with E-state index in [0.717, 1.165) is 67.2 Å². The highest BCUT2D eigenvalue weighted by Gasteiger charge is 2.40. The molecule has 4 heteroatoms. The Hall–Kier alpha value is -6.00. The predicted octanol–water partition coefficient (Wildman–Crippen LogP) is 9.39. The topological polar surface area (TPSA) is 23.4 Å². The van der Waals surface area contributed by atoms with Gasteiger partial charge >= 0.3 is 6.92 Å². The standard InChI is InChI=1S/C42H26BNO2/c1-2-10-27(11-3-1)29-21-23-36-41(26-29)45-39-19-9-16-35-34-22-20-30(25-40(34)46-43(36)42(35)39)28-12-8-13-31(24-28)44-37-17-6-4-14-32(37)33-15-5-7-18-38(33)44/h1-26H. The molecule has 0 fully saturated rings. The van der Waals surface area contributed by atoms with Gasteiger partial charge in [0.1, 0.15) is 17.2 Å². The van der Waals surface area contributed by atoms with E-state index >= 15 is 0 Å². The molecule has 214 valence electrons. The summed E-state index contributed by atoms with van der Waals surface area (Å²) in [5, 5.41) is 2.52. The summed E-state index contributed by atoms with van der Waals surface area (Å²) in [4.78, 5) is 0. The van der Waals surface area contributed by atoms with Crippen LogP contribution >= 0.6 is 0 Å². The van der Waals surface area contributed by atoms with Gasteiger partial charge in [-0.3, -0.25) is 0 Å². The van der Waals surface area contributed by atoms with Crippen molar-refractivity contribution in [2.24, 2.45) is 0 Å². The maximum Gasteiger partial charge on any atom is 0.434 e. The fraction of sp³-hybridized carbons (Fsp3) is 0. The van der Waals surface area contributed by atoms with Crippen LogP contribution in [0.1, 0.15) is 0 Å². The van der Waals surface area contributed by atoms with Crippen LogP contribution in [-0.4, -0.2) is 11.5 Å². The van der Waals surface area contributed by atoms with Crippen molar-refractivity contribution in [3.8, 4) is 56.3 Å². The Morgan fingerprint density at radius 3 is 1.91 bits per heavy atom. The molecule has 1 aromatic heterocycles. The Balaban J connectivity index is 1.08. The summed E-state index contributed by atoms with van der Waals surface area (Å²) < 4.78 is 15.8. The molecular formula is C42H26BNO2. The quantitative estimate of drug-likeness (QED) is 0.192. The zero-order valence-electron chi connectivity index (χ0n) is 24.9. The van der Waals surface area contributed by atoms with E-state index in [1.807, 2.05) is 12.1 Å². The van der Waals surface area contributed by atoms with Gasteiger partial charge < -0.3 is 14.0 Å². The third kappa shape index (κ3) is 3.74. The van der Waals surface area contributed by atoms with Crippen LogP contribution < -0.4 is 20.3 Å². The molecule has 0 atom stereocenters. The molecule has 2 aliphatic rings. The predicted molar refractivity (Wildman–Crippen MR) is 189 cm³/mol. The molecule has 8 aromatic rings. The van der Waals surface area contributed by atoms with E-state index in [1.165, 1.54) is 21.8 Å². The van der Waals surface area contributed by atoms with Gasteiger partial charge in [-0.2, -0.15) is 0 Å². The third-order valence-electron chi connectivity index (χ3n) is 9.49. The molecule has 0 spiro atoms. The maximum atomic E-state index is 6.91. The second-order valence-electron chi connectivity index (χ2n) is 12.1. The van der Waals surface area contributed by atoms with Crippen LogP contribution in [0.5, 0.6) is 17.2 Å². The molecule has 0 amide bonds. The normalized spacial score (nSPS) is 12.7. The van der Waals surface area contributed by atoms with Crippen molar-refractivity contribution >= 4 is 39.6 Å². The van der Waals surface area contributed by atoms with Gasteiger partial charge in [-0.15, -0.1) is 0 Å². The monoisotopic (exact) mass is 587 g/mol. The minimum absolute atomic E-state index is 0.244. The van der Waals surface area contributed by atoms with E-state index in [0.29, 0.717) is 0 Å². The minimum Gasteiger partial charge on any atom is -0.551 e. The Kier molecular flexibility index (Phi) is 5.37. The first-order valence-corrected chi connectivity index (χ1v) is 15.7. The molecule has 0 aliphatic carbocycles. The lowest BCUT2D eigenvalue weighted by Crippen LogP contribution is -2.53. The highest BCUT2D eigenvalue weighted by atomic mass is 16.5. The summed E-state index contributed by atoms with van der Waals surface area (Å²) in [6.07, 6.45) is 0. The Labute approximate surface area is 267 Å². The van der Waals surface area contributed by atoms with Crippen LogP contribution in [0.15, 0.2) is 158 Å². The lowest BCUT2D eigenvalue weighted by molar-refractivity contribution is 0.479. The second-order valence-corrected chi connectivity index (χ2v) is 12.1. The molecule has 7 aromatic carbocycles. The highest BCUT2D eigenvalue weighted by molar-refractivity contribution is 6.84. The smallest absolute Gasteiger partial charge is 0.434 e. The van der Waals surface area contributed by atoms with Crippen molar-refractivity contribution in [2.75, 3.05) is 0 Å². The van der Waals surface area contributed by atoms with Gasteiger partial charge in [0.2, 0.25) is 0 Å². The van der Waals surface area contributed by atoms with Gasteiger partial charge in [-0.05, 0) is 70.3 Å². The number of aromatic nitrogens is 1. The van der Waals surface area contributed by atoms with Crippen molar-refractivity contribution in [1.82, 2.24) is 4.57 Å². The second kappa shape index (κ2) is 9.75. The Morgan fingerprint density at radius 1 is 0.435 bits per heavy atom. The lowest BCUT2D eigenvalue weighted by Gasteiger charge is -2.33. The summed E-state index contributed by atoms with van der Waals surface area (Å²) in [6, 6.07) is 55.9. The number of ether oxygens (including phenoxy) is 1. The van der Waals surface area contributed by atoms with Crippen LogP contribution in [0, 0.1) is 0 Å². The van der Waals surface area contributed by atoms with Crippen molar-refractivity contribution < 1.29 is 9.39 Å². The van der Waals surface area contributed by atoms with E-state index in [-0.39, 0.29) is 6.92 Å². The first-order valence-electron chi connectivity index (χ1n) is 15.7. The lowest BCUT2D eigenvalue weighted by atomic mass is 9.51. The van der Waals surface area contributed by atoms with E-state index in [4.69, 9.17) is 9.39 Å². The van der Waals surface area contributed by atoms with E-state index in [2.05, 4.69) is 150 Å². The molecule has 2 aliphatic heterocycles. The summed E-state index contributed by atoms with van der Waals surface area (Å²) in [5.41, 5.74) is 12.5. The summed E-state index contributed by atoms with van der Waals surface area (Å²) >= 11 is 0. The number of hydrogen-bond acceptors (Lipinski definition) is 2. The van der Waals surface area contributed by atoms with Gasteiger partial charge in [0.25, 0.3) is 0 Å². The van der Waals surface area contributed by atoms with Crippen molar-refractivity contribution in [1.29, 1.82) is 0 Å². The van der Waals surface area contributed by atoms with E-state index in [9.17, 15) is 0 Å². The number of fused-ring (bicyclic) bond motifs is 7. The van der Waals surface area contributed by atoms with Gasteiger partial charge in [0.05, 0.1) is 11.0 Å². The molecule has 46 heavy (non-hydrogen) atoms. The van der Waals surface area contributed by atoms with E-state index in [1.54, 1.807) is 0 Å². The largest absolute Gasteiger partial charge is 0.551 e. The van der Waals surface area contributed by atoms with Crippen LogP contribution in [0.3, 0.4) is 0 Å². The first-order chi connectivity index (χ1) is 22.8. The summed E-state index contributed by atoms with van der Waals surface area (Å²) in [5.74, 6) is 2.58. The zero-order chi connectivity index (χ0) is 30.2. The average molecular weight is 587 g/mol. The van der Waals surface area contributed by atoms with Crippen LogP contribution in [0.2, 0.25) is 0 Å². The summed E-state index contributed by atoms with van der Waals surface area (Å²) in [7, 11) is 0. The molecule has 0 N–H and O–H groups in total. The summed E-state index contributed by atoms with van der Waals surface area (Å²) in [6.45, 7) is -0.244. The fourth-order valence-electron chi connectivity index (χ4n) is 7.36. The maximum absolute atomic E-state index is 6.91. The van der Waals surface area contributed by atoms with E-state index < -0.39 is 0 Å². The van der Waals surface area contributed by atoms with Gasteiger partial charge in [0, 0.05) is 32.9 Å². The van der Waals surface area contributed by atoms with Gasteiger partial charge in [0.15, 0.2) is 0 Å². The molecule has 3 heterocycles. The first kappa shape index (κ1) is 25.3. The fourth-order valence-corrected chi connectivity index (χ4v) is 7.36. The SMILES string of the molecule is c1ccc(-c2ccc3c(c2)Oc2cccc4c2B3Oc2cc(-c3cccc(-n5c6ccccc6c6ccccc65)c3)ccc2-4)cc1. The number of benzene rings is 7. The van der Waals surface area contributed by atoms with Gasteiger partial charge in [-0.1, -0.05) is 115 Å². The molecule has 0 saturated heterocycles. The average Bonchev–Trinajstić information content (AvgIpc) is 3.46. The van der Waals surface area contributed by atoms with Crippen LogP contribution in [0.4, 0.5) is 0 Å². The number of hydrogen-bond donors (Lipinski definition) is 0. The number of nitrogens with zero attached hydrogens (tertiary/aromatic N) is 1. The number of rotatable bonds is 3. The highest BCUT2D eigenvalue weighted by Crippen LogP contribution is 2.42. The molecule has 10 rings (SSSR count). The Bertz CT molecular complexity index is 2440. The van der Waals surface area contributed by atoms with Crippen molar-refractivity contribution in [2.45, 2.75) is 0 Å². The minimum atomic E-state index is -0.244. The molecule has 0 bridgehead atoms. The molecular weight excluding hydrogens is 561 g/mol. The molecule has 0 saturated carbocycles. The molecule has 3 nitrogen and oxygen atoms in total. The Morgan fingerprint density at radius 2 is 1.09 bits per heavy atom. The van der Waals surface area contributed by atoms with Crippen LogP contribution in [-0.2, 0) is 0 Å². The van der Waals surface area contributed by atoms with Crippen molar-refractivity contribution in [3.05, 3.63) is 158 Å². The zero-order valence-corrected chi connectivity index (χ0v) is 24.9. The van der Waals surface area contributed by atoms with Crippen LogP contribution in [0.25, 0.3) is 60.9 Å². The molecule has 0 radical (unpaired) electrons. The van der Waals surface area contributed by atoms with Gasteiger partial charge in [-0.25, -0.2) is 0 Å².